The summed E-state index contributed by atoms with van der Waals surface area (Å²) >= 11 is 1.19. The summed E-state index contributed by atoms with van der Waals surface area (Å²) in [5, 5.41) is 8.56. The van der Waals surface area contributed by atoms with Gasteiger partial charge in [-0.3, -0.25) is 4.79 Å². The standard InChI is InChI=1S/C14H11FO2S/c15-11-6-8-12(9-7-11)18-13(14(16)17)10-4-2-1-3-5-10/h1-9,13H,(H,16,17)/t13-/m0/s1. The highest BCUT2D eigenvalue weighted by atomic mass is 32.2. The lowest BCUT2D eigenvalue weighted by molar-refractivity contribution is -0.136. The molecule has 4 heteroatoms. The van der Waals surface area contributed by atoms with E-state index in [0.29, 0.717) is 0 Å². The van der Waals surface area contributed by atoms with Gasteiger partial charge in [0.15, 0.2) is 0 Å². The van der Waals surface area contributed by atoms with E-state index in [1.807, 2.05) is 6.07 Å². The van der Waals surface area contributed by atoms with Gasteiger partial charge in [-0.15, -0.1) is 11.8 Å². The maximum atomic E-state index is 12.8. The average molecular weight is 262 g/mol. The van der Waals surface area contributed by atoms with Crippen molar-refractivity contribution in [2.75, 3.05) is 0 Å². The van der Waals surface area contributed by atoms with Crippen LogP contribution in [0.4, 0.5) is 4.39 Å². The van der Waals surface area contributed by atoms with E-state index in [1.165, 1.54) is 23.9 Å². The van der Waals surface area contributed by atoms with Crippen LogP contribution in [0.25, 0.3) is 0 Å². The number of hydrogen-bond donors (Lipinski definition) is 1. The summed E-state index contributed by atoms with van der Waals surface area (Å²) in [6.45, 7) is 0. The molecule has 2 aromatic carbocycles. The molecule has 0 aliphatic carbocycles. The van der Waals surface area contributed by atoms with Crippen LogP contribution >= 0.6 is 11.8 Å². The van der Waals surface area contributed by atoms with Crippen LogP contribution in [-0.2, 0) is 4.79 Å². The minimum Gasteiger partial charge on any atom is -0.480 e. The van der Waals surface area contributed by atoms with Crippen molar-refractivity contribution in [3.8, 4) is 0 Å². The SMILES string of the molecule is O=C(O)[C@@H](Sc1ccc(F)cc1)c1ccccc1. The molecule has 0 radical (unpaired) electrons. The molecule has 0 heterocycles. The van der Waals surface area contributed by atoms with Gasteiger partial charge in [0.1, 0.15) is 11.1 Å². The Labute approximate surface area is 108 Å². The molecule has 1 atom stereocenters. The number of rotatable bonds is 4. The highest BCUT2D eigenvalue weighted by Crippen LogP contribution is 2.35. The largest absolute Gasteiger partial charge is 0.480 e. The van der Waals surface area contributed by atoms with E-state index in [1.54, 1.807) is 36.4 Å². The Bertz CT molecular complexity index is 525. The van der Waals surface area contributed by atoms with Gasteiger partial charge in [-0.25, -0.2) is 4.39 Å². The fraction of sp³-hybridized carbons (Fsp3) is 0.0714. The molecule has 2 rings (SSSR count). The first-order valence-corrected chi connectivity index (χ1v) is 6.25. The molecule has 0 unspecified atom stereocenters. The minimum atomic E-state index is -0.907. The molecule has 0 saturated heterocycles. The first kappa shape index (κ1) is 12.6. The Hall–Kier alpha value is -1.81. The quantitative estimate of drug-likeness (QED) is 0.853. The third-order valence-corrected chi connectivity index (χ3v) is 3.65. The maximum absolute atomic E-state index is 12.8. The van der Waals surface area contributed by atoms with Crippen molar-refractivity contribution in [2.45, 2.75) is 10.1 Å². The third kappa shape index (κ3) is 3.11. The summed E-state index contributed by atoms with van der Waals surface area (Å²) in [5.41, 5.74) is 0.722. The molecule has 0 fully saturated rings. The number of hydrogen-bond acceptors (Lipinski definition) is 2. The molecular formula is C14H11FO2S. The molecule has 0 aliphatic rings. The first-order chi connectivity index (χ1) is 8.66. The summed E-state index contributed by atoms with van der Waals surface area (Å²) in [6, 6.07) is 14.8. The predicted molar refractivity (Wildman–Crippen MR) is 69.1 cm³/mol. The molecule has 0 amide bonds. The van der Waals surface area contributed by atoms with Gasteiger partial charge in [-0.2, -0.15) is 0 Å². The number of aliphatic carboxylic acids is 1. The Morgan fingerprint density at radius 2 is 1.67 bits per heavy atom. The van der Waals surface area contributed by atoms with E-state index in [2.05, 4.69) is 0 Å². The van der Waals surface area contributed by atoms with Gasteiger partial charge in [0.25, 0.3) is 0 Å². The fourth-order valence-corrected chi connectivity index (χ4v) is 2.50. The van der Waals surface area contributed by atoms with Crippen molar-refractivity contribution < 1.29 is 14.3 Å². The van der Waals surface area contributed by atoms with Crippen molar-refractivity contribution >= 4 is 17.7 Å². The van der Waals surface area contributed by atoms with Gasteiger partial charge in [-0.05, 0) is 29.8 Å². The van der Waals surface area contributed by atoms with E-state index in [4.69, 9.17) is 0 Å². The van der Waals surface area contributed by atoms with Gasteiger partial charge in [0.05, 0.1) is 0 Å². The molecule has 2 nitrogen and oxygen atoms in total. The number of carbonyl (C=O) groups is 1. The molecule has 0 aromatic heterocycles. The monoisotopic (exact) mass is 262 g/mol. The number of carboxylic acids is 1. The van der Waals surface area contributed by atoms with Crippen LogP contribution in [0, 0.1) is 5.82 Å². The molecule has 0 bridgehead atoms. The second kappa shape index (κ2) is 5.69. The van der Waals surface area contributed by atoms with Gasteiger partial charge in [0, 0.05) is 4.90 Å². The summed E-state index contributed by atoms with van der Waals surface area (Å²) in [6.07, 6.45) is 0. The van der Waals surface area contributed by atoms with Crippen LogP contribution in [0.5, 0.6) is 0 Å². The van der Waals surface area contributed by atoms with Crippen LogP contribution < -0.4 is 0 Å². The number of halogens is 1. The highest BCUT2D eigenvalue weighted by molar-refractivity contribution is 8.00. The molecule has 92 valence electrons. The summed E-state index contributed by atoms with van der Waals surface area (Å²) < 4.78 is 12.8. The molecule has 0 saturated carbocycles. The minimum absolute atomic E-state index is 0.328. The molecular weight excluding hydrogens is 251 g/mol. The molecule has 1 N–H and O–H groups in total. The summed E-state index contributed by atoms with van der Waals surface area (Å²) in [7, 11) is 0. The highest BCUT2D eigenvalue weighted by Gasteiger charge is 2.20. The average Bonchev–Trinajstić information content (AvgIpc) is 2.38. The zero-order chi connectivity index (χ0) is 13.0. The molecule has 0 aliphatic heterocycles. The second-order valence-electron chi connectivity index (χ2n) is 3.70. The smallest absolute Gasteiger partial charge is 0.321 e. The normalized spacial score (nSPS) is 12.1. The molecule has 18 heavy (non-hydrogen) atoms. The molecule has 0 spiro atoms. The predicted octanol–water partition coefficient (Wildman–Crippen LogP) is 3.74. The van der Waals surface area contributed by atoms with Crippen LogP contribution in [0.2, 0.25) is 0 Å². The summed E-state index contributed by atoms with van der Waals surface area (Å²) in [5.74, 6) is -1.23. The fourth-order valence-electron chi connectivity index (χ4n) is 1.54. The van der Waals surface area contributed by atoms with Crippen LogP contribution in [0.3, 0.4) is 0 Å². The van der Waals surface area contributed by atoms with E-state index in [0.717, 1.165) is 10.5 Å². The van der Waals surface area contributed by atoms with Crippen molar-refractivity contribution in [3.05, 3.63) is 66.0 Å². The van der Waals surface area contributed by atoms with Crippen LogP contribution in [-0.4, -0.2) is 11.1 Å². The zero-order valence-electron chi connectivity index (χ0n) is 9.42. The topological polar surface area (TPSA) is 37.3 Å². The lowest BCUT2D eigenvalue weighted by atomic mass is 10.1. The maximum Gasteiger partial charge on any atom is 0.321 e. The number of benzene rings is 2. The number of thioether (sulfide) groups is 1. The Balaban J connectivity index is 2.22. The van der Waals surface area contributed by atoms with E-state index in [9.17, 15) is 14.3 Å². The van der Waals surface area contributed by atoms with Gasteiger partial charge in [-0.1, -0.05) is 30.3 Å². The Morgan fingerprint density at radius 3 is 2.22 bits per heavy atom. The van der Waals surface area contributed by atoms with Gasteiger partial charge < -0.3 is 5.11 Å². The Morgan fingerprint density at radius 1 is 1.06 bits per heavy atom. The van der Waals surface area contributed by atoms with E-state index in [-0.39, 0.29) is 5.82 Å². The Kier molecular flexibility index (Phi) is 3.99. The lowest BCUT2D eigenvalue weighted by Crippen LogP contribution is -2.07. The second-order valence-corrected chi connectivity index (χ2v) is 4.88. The van der Waals surface area contributed by atoms with Gasteiger partial charge >= 0.3 is 5.97 Å². The van der Waals surface area contributed by atoms with Gasteiger partial charge in [0.2, 0.25) is 0 Å². The zero-order valence-corrected chi connectivity index (χ0v) is 10.2. The molecule has 2 aromatic rings. The van der Waals surface area contributed by atoms with E-state index < -0.39 is 11.2 Å². The summed E-state index contributed by atoms with van der Waals surface area (Å²) in [4.78, 5) is 12.0. The van der Waals surface area contributed by atoms with Crippen LogP contribution in [0.15, 0.2) is 59.5 Å². The van der Waals surface area contributed by atoms with Crippen molar-refractivity contribution in [1.29, 1.82) is 0 Å². The third-order valence-electron chi connectivity index (χ3n) is 2.39. The van der Waals surface area contributed by atoms with Crippen molar-refractivity contribution in [2.24, 2.45) is 0 Å². The van der Waals surface area contributed by atoms with Crippen LogP contribution in [0.1, 0.15) is 10.8 Å². The van der Waals surface area contributed by atoms with Crippen molar-refractivity contribution in [1.82, 2.24) is 0 Å². The lowest BCUT2D eigenvalue weighted by Gasteiger charge is -2.12. The number of carboxylic acid groups (broad SMARTS) is 1. The van der Waals surface area contributed by atoms with E-state index >= 15 is 0 Å². The first-order valence-electron chi connectivity index (χ1n) is 5.37. The van der Waals surface area contributed by atoms with Crippen molar-refractivity contribution in [3.63, 3.8) is 0 Å².